The van der Waals surface area contributed by atoms with E-state index in [1.54, 1.807) is 6.08 Å². The Morgan fingerprint density at radius 1 is 0.759 bits per heavy atom. The van der Waals surface area contributed by atoms with Crippen molar-refractivity contribution in [3.63, 3.8) is 0 Å². The maximum atomic E-state index is 11.3. The number of unbranched alkanes of at least 4 members (excludes halogenated alkanes) is 1. The molecular weight excluding hydrogens is 364 g/mol. The number of esters is 1. The third kappa shape index (κ3) is 22.0. The molecule has 0 aliphatic carbocycles. The van der Waals surface area contributed by atoms with Gasteiger partial charge in [-0.2, -0.15) is 0 Å². The monoisotopic (exact) mass is 402 g/mol. The lowest BCUT2D eigenvalue weighted by Gasteiger charge is -2.06. The predicted molar refractivity (Wildman–Crippen MR) is 122 cm³/mol. The van der Waals surface area contributed by atoms with Gasteiger partial charge in [-0.25, -0.2) is 0 Å². The molecule has 0 aromatic carbocycles. The van der Waals surface area contributed by atoms with E-state index in [2.05, 4.69) is 67.7 Å². The van der Waals surface area contributed by atoms with Crippen LogP contribution >= 0.6 is 0 Å². The van der Waals surface area contributed by atoms with E-state index in [4.69, 9.17) is 14.9 Å². The fourth-order valence-electron chi connectivity index (χ4n) is 2.12. The van der Waals surface area contributed by atoms with Gasteiger partial charge < -0.3 is 14.9 Å². The number of ether oxygens (including phenoxy) is 1. The van der Waals surface area contributed by atoms with Gasteiger partial charge in [-0.05, 0) is 38.5 Å². The Hall–Kier alpha value is -2.17. The summed E-state index contributed by atoms with van der Waals surface area (Å²) >= 11 is 0. The number of allylic oxidation sites excluding steroid dienone is 11. The zero-order chi connectivity index (χ0) is 21.4. The molecule has 0 radical (unpaired) electrons. The van der Waals surface area contributed by atoms with Gasteiger partial charge in [0.25, 0.3) is 0 Å². The largest absolute Gasteiger partial charge is 0.463 e. The summed E-state index contributed by atoms with van der Waals surface area (Å²) in [4.78, 5) is 11.3. The van der Waals surface area contributed by atoms with E-state index in [1.165, 1.54) is 12.8 Å². The molecule has 1 unspecified atom stereocenters. The van der Waals surface area contributed by atoms with Crippen LogP contribution in [0.15, 0.2) is 72.9 Å². The minimum atomic E-state index is -1.01. The minimum Gasteiger partial charge on any atom is -0.463 e. The molecule has 0 spiro atoms. The van der Waals surface area contributed by atoms with Crippen molar-refractivity contribution in [2.45, 2.75) is 64.4 Å². The molecule has 1 atom stereocenters. The van der Waals surface area contributed by atoms with E-state index in [1.807, 2.05) is 6.08 Å². The van der Waals surface area contributed by atoms with Crippen LogP contribution in [0.1, 0.15) is 58.3 Å². The van der Waals surface area contributed by atoms with E-state index in [9.17, 15) is 4.79 Å². The normalized spacial score (nSPS) is 13.9. The van der Waals surface area contributed by atoms with Crippen LogP contribution in [0.4, 0.5) is 0 Å². The van der Waals surface area contributed by atoms with Crippen LogP contribution < -0.4 is 0 Å². The highest BCUT2D eigenvalue weighted by Crippen LogP contribution is 1.98. The maximum absolute atomic E-state index is 11.3. The molecule has 0 fully saturated rings. The first-order valence-corrected chi connectivity index (χ1v) is 10.5. The lowest BCUT2D eigenvalue weighted by molar-refractivity contribution is -0.146. The molecule has 0 aliphatic heterocycles. The van der Waals surface area contributed by atoms with Crippen molar-refractivity contribution in [2.75, 3.05) is 13.2 Å². The number of carbonyl (C=O) groups excluding carboxylic acids is 1. The summed E-state index contributed by atoms with van der Waals surface area (Å²) in [5.74, 6) is -0.409. The zero-order valence-electron chi connectivity index (χ0n) is 17.8. The second kappa shape index (κ2) is 22.1. The van der Waals surface area contributed by atoms with Crippen molar-refractivity contribution in [1.29, 1.82) is 0 Å². The first kappa shape index (κ1) is 26.8. The predicted octanol–water partition coefficient (Wildman–Crippen LogP) is 5.36. The molecule has 0 rings (SSSR count). The standard InChI is InChI=1S/C25H38O4/c1-2-3-4-5-6-7-8-9-10-11-12-13-14-15-16-17-18-19-20-21-25(28)29-23-24(27)22-26/h4-5,7-8,10-11,13-14,16-17,19-20,24,26-27H,2-3,6,9,12,15,18,21-23H2,1H3/b5-4+,8-7+,11-10+,14-13+,17-16+,20-19+. The summed E-state index contributed by atoms with van der Waals surface area (Å²) in [6.45, 7) is 1.61. The first-order chi connectivity index (χ1) is 14.2. The van der Waals surface area contributed by atoms with E-state index >= 15 is 0 Å². The lowest BCUT2D eigenvalue weighted by atomic mass is 10.2. The molecule has 4 heteroatoms. The van der Waals surface area contributed by atoms with Gasteiger partial charge in [0.05, 0.1) is 13.0 Å². The van der Waals surface area contributed by atoms with E-state index in [0.29, 0.717) is 0 Å². The number of aliphatic hydroxyl groups is 2. The van der Waals surface area contributed by atoms with Crippen molar-refractivity contribution in [2.24, 2.45) is 0 Å². The average Bonchev–Trinajstić information content (AvgIpc) is 2.73. The molecule has 0 saturated carbocycles. The summed E-state index contributed by atoms with van der Waals surface area (Å²) in [6, 6.07) is 0. The molecule has 2 N–H and O–H groups in total. The van der Waals surface area contributed by atoms with Gasteiger partial charge >= 0.3 is 5.97 Å². The first-order valence-electron chi connectivity index (χ1n) is 10.5. The van der Waals surface area contributed by atoms with Gasteiger partial charge in [-0.3, -0.25) is 4.79 Å². The van der Waals surface area contributed by atoms with Crippen molar-refractivity contribution >= 4 is 5.97 Å². The molecule has 162 valence electrons. The quantitative estimate of drug-likeness (QED) is 0.254. The molecule has 0 aromatic rings. The SMILES string of the molecule is CCC/C=C/C/C=C/C/C=C/C/C=C/C/C=C/C/C=C/CC(=O)OCC(O)CO. The molecule has 0 aliphatic rings. The molecule has 0 saturated heterocycles. The Kier molecular flexibility index (Phi) is 20.5. The lowest BCUT2D eigenvalue weighted by Crippen LogP contribution is -2.21. The Morgan fingerprint density at radius 2 is 1.17 bits per heavy atom. The smallest absolute Gasteiger partial charge is 0.309 e. The summed E-state index contributed by atoms with van der Waals surface area (Å²) < 4.78 is 4.79. The molecule has 0 aromatic heterocycles. The highest BCUT2D eigenvalue weighted by Gasteiger charge is 2.05. The van der Waals surface area contributed by atoms with Gasteiger partial charge in [0.15, 0.2) is 0 Å². The second-order valence-electron chi connectivity index (χ2n) is 6.52. The van der Waals surface area contributed by atoms with Crippen molar-refractivity contribution in [3.05, 3.63) is 72.9 Å². The summed E-state index contributed by atoms with van der Waals surface area (Å²) in [5, 5.41) is 17.7. The maximum Gasteiger partial charge on any atom is 0.309 e. The average molecular weight is 403 g/mol. The van der Waals surface area contributed by atoms with Gasteiger partial charge in [0, 0.05) is 0 Å². The molecule has 0 amide bonds. The Morgan fingerprint density at radius 3 is 1.59 bits per heavy atom. The zero-order valence-corrected chi connectivity index (χ0v) is 17.8. The fraction of sp³-hybridized carbons (Fsp3) is 0.480. The molecule has 0 heterocycles. The van der Waals surface area contributed by atoms with Gasteiger partial charge in [-0.15, -0.1) is 0 Å². The van der Waals surface area contributed by atoms with Crippen molar-refractivity contribution in [3.8, 4) is 0 Å². The van der Waals surface area contributed by atoms with Crippen LogP contribution in [0.3, 0.4) is 0 Å². The van der Waals surface area contributed by atoms with Gasteiger partial charge in [0.2, 0.25) is 0 Å². The van der Waals surface area contributed by atoms with Crippen LogP contribution in [0, 0.1) is 0 Å². The topological polar surface area (TPSA) is 66.8 Å². The van der Waals surface area contributed by atoms with E-state index < -0.39 is 18.7 Å². The highest BCUT2D eigenvalue weighted by atomic mass is 16.5. The van der Waals surface area contributed by atoms with Gasteiger partial charge in [-0.1, -0.05) is 86.3 Å². The fourth-order valence-corrected chi connectivity index (χ4v) is 2.12. The number of rotatable bonds is 17. The number of hydrogen-bond acceptors (Lipinski definition) is 4. The number of hydrogen-bond donors (Lipinski definition) is 2. The van der Waals surface area contributed by atoms with Crippen LogP contribution in [0.25, 0.3) is 0 Å². The van der Waals surface area contributed by atoms with Crippen molar-refractivity contribution in [1.82, 2.24) is 0 Å². The molecule has 4 nitrogen and oxygen atoms in total. The Labute approximate surface area is 176 Å². The summed E-state index contributed by atoms with van der Waals surface area (Å²) in [5.41, 5.74) is 0. The Balaban J connectivity index is 3.61. The van der Waals surface area contributed by atoms with Crippen LogP contribution in [0.2, 0.25) is 0 Å². The van der Waals surface area contributed by atoms with Crippen LogP contribution in [0.5, 0.6) is 0 Å². The molecule has 0 bridgehead atoms. The van der Waals surface area contributed by atoms with Gasteiger partial charge in [0.1, 0.15) is 12.7 Å². The van der Waals surface area contributed by atoms with Crippen LogP contribution in [-0.4, -0.2) is 35.5 Å². The Bertz CT molecular complexity index is 553. The number of carbonyl (C=O) groups is 1. The van der Waals surface area contributed by atoms with Crippen LogP contribution in [-0.2, 0) is 9.53 Å². The number of aliphatic hydroxyl groups excluding tert-OH is 2. The van der Waals surface area contributed by atoms with E-state index in [-0.39, 0.29) is 13.0 Å². The summed E-state index contributed by atoms with van der Waals surface area (Å²) in [6.07, 6.45) is 31.5. The molecular formula is C25H38O4. The second-order valence-corrected chi connectivity index (χ2v) is 6.52. The molecule has 29 heavy (non-hydrogen) atoms. The third-order valence-electron chi connectivity index (χ3n) is 3.75. The van der Waals surface area contributed by atoms with E-state index in [0.717, 1.165) is 32.1 Å². The third-order valence-corrected chi connectivity index (χ3v) is 3.75. The highest BCUT2D eigenvalue weighted by molar-refractivity contribution is 5.71. The minimum absolute atomic E-state index is 0.169. The summed E-state index contributed by atoms with van der Waals surface area (Å²) in [7, 11) is 0. The van der Waals surface area contributed by atoms with Crippen molar-refractivity contribution < 1.29 is 19.7 Å².